The van der Waals surface area contributed by atoms with E-state index in [9.17, 15) is 9.59 Å². The molecule has 0 aromatic heterocycles. The van der Waals surface area contributed by atoms with Gasteiger partial charge in [-0.2, -0.15) is 13.5 Å². The largest absolute Gasteiger partial charge is 0.346 e. The standard InChI is InChI=1S/C8H15NO2.H2S/c1-4-8(11)9-7(5-10)6(2)3;/h5-7H,4H2,1-3H3,(H,9,11);1H2/t7-;/m1./s1. The summed E-state index contributed by atoms with van der Waals surface area (Å²) in [4.78, 5) is 21.2. The van der Waals surface area contributed by atoms with Gasteiger partial charge in [0, 0.05) is 6.42 Å². The van der Waals surface area contributed by atoms with Gasteiger partial charge in [0.15, 0.2) is 0 Å². The molecule has 0 bridgehead atoms. The molecule has 0 aromatic carbocycles. The Kier molecular flexibility index (Phi) is 8.37. The molecule has 0 aliphatic carbocycles. The van der Waals surface area contributed by atoms with E-state index in [-0.39, 0.29) is 31.4 Å². The fourth-order valence-corrected chi connectivity index (χ4v) is 0.646. The monoisotopic (exact) mass is 191 g/mol. The topological polar surface area (TPSA) is 46.2 Å². The molecule has 0 saturated heterocycles. The number of nitrogens with one attached hydrogen (secondary N) is 1. The SMILES string of the molecule is CCC(=O)N[C@H](C=O)C(C)C.S. The van der Waals surface area contributed by atoms with Crippen LogP contribution in [0.25, 0.3) is 0 Å². The Morgan fingerprint density at radius 1 is 1.50 bits per heavy atom. The second-order valence-corrected chi connectivity index (χ2v) is 2.83. The van der Waals surface area contributed by atoms with Gasteiger partial charge in [0.2, 0.25) is 5.91 Å². The summed E-state index contributed by atoms with van der Waals surface area (Å²) in [6.45, 7) is 5.56. The van der Waals surface area contributed by atoms with Gasteiger partial charge in [-0.3, -0.25) is 4.79 Å². The highest BCUT2D eigenvalue weighted by Gasteiger charge is 2.12. The Balaban J connectivity index is 0. The van der Waals surface area contributed by atoms with Gasteiger partial charge in [-0.05, 0) is 5.92 Å². The van der Waals surface area contributed by atoms with Crippen LogP contribution in [0.15, 0.2) is 0 Å². The minimum Gasteiger partial charge on any atom is -0.346 e. The highest BCUT2D eigenvalue weighted by molar-refractivity contribution is 7.59. The molecule has 0 aromatic rings. The highest BCUT2D eigenvalue weighted by atomic mass is 32.1. The van der Waals surface area contributed by atoms with E-state index < -0.39 is 0 Å². The molecule has 0 fully saturated rings. The first-order valence-corrected chi connectivity index (χ1v) is 3.86. The van der Waals surface area contributed by atoms with Gasteiger partial charge < -0.3 is 10.1 Å². The lowest BCUT2D eigenvalue weighted by Gasteiger charge is -2.14. The van der Waals surface area contributed by atoms with E-state index in [2.05, 4.69) is 5.32 Å². The number of rotatable bonds is 4. The third-order valence-electron chi connectivity index (χ3n) is 1.51. The van der Waals surface area contributed by atoms with Gasteiger partial charge in [0.25, 0.3) is 0 Å². The maximum Gasteiger partial charge on any atom is 0.220 e. The van der Waals surface area contributed by atoms with Crippen LogP contribution in [-0.4, -0.2) is 18.2 Å². The van der Waals surface area contributed by atoms with Crippen LogP contribution >= 0.6 is 13.5 Å². The zero-order valence-corrected chi connectivity index (χ0v) is 8.76. The second-order valence-electron chi connectivity index (χ2n) is 2.83. The summed E-state index contributed by atoms with van der Waals surface area (Å²) in [5, 5.41) is 2.61. The molecule has 1 amide bonds. The van der Waals surface area contributed by atoms with E-state index in [1.54, 1.807) is 6.92 Å². The van der Waals surface area contributed by atoms with Crippen LogP contribution in [0.2, 0.25) is 0 Å². The predicted molar refractivity (Wildman–Crippen MR) is 53.5 cm³/mol. The smallest absolute Gasteiger partial charge is 0.220 e. The van der Waals surface area contributed by atoms with Crippen LogP contribution in [-0.2, 0) is 9.59 Å². The van der Waals surface area contributed by atoms with Crippen molar-refractivity contribution in [2.45, 2.75) is 33.2 Å². The summed E-state index contributed by atoms with van der Waals surface area (Å²) in [6, 6.07) is -0.331. The van der Waals surface area contributed by atoms with Gasteiger partial charge in [0.05, 0.1) is 6.04 Å². The van der Waals surface area contributed by atoms with E-state index >= 15 is 0 Å². The molecule has 0 saturated carbocycles. The molecule has 1 N–H and O–H groups in total. The van der Waals surface area contributed by atoms with Crippen molar-refractivity contribution in [2.75, 3.05) is 0 Å². The number of amides is 1. The lowest BCUT2D eigenvalue weighted by molar-refractivity contribution is -0.124. The number of carbonyl (C=O) groups is 2. The lowest BCUT2D eigenvalue weighted by Crippen LogP contribution is -2.39. The fraction of sp³-hybridized carbons (Fsp3) is 0.750. The predicted octanol–water partition coefficient (Wildman–Crippen LogP) is 0.849. The lowest BCUT2D eigenvalue weighted by atomic mass is 10.1. The number of hydrogen-bond donors (Lipinski definition) is 1. The summed E-state index contributed by atoms with van der Waals surface area (Å²) >= 11 is 0. The normalized spacial score (nSPS) is 11.7. The van der Waals surface area contributed by atoms with Crippen LogP contribution in [0.3, 0.4) is 0 Å². The molecule has 0 aliphatic rings. The molecule has 0 rings (SSSR count). The van der Waals surface area contributed by atoms with Crippen LogP contribution in [0, 0.1) is 5.92 Å². The fourth-order valence-electron chi connectivity index (χ4n) is 0.646. The molecular weight excluding hydrogens is 174 g/mol. The third-order valence-corrected chi connectivity index (χ3v) is 1.51. The molecule has 3 nitrogen and oxygen atoms in total. The quantitative estimate of drug-likeness (QED) is 0.670. The minimum atomic E-state index is -0.331. The Labute approximate surface area is 80.4 Å². The molecule has 12 heavy (non-hydrogen) atoms. The van der Waals surface area contributed by atoms with Gasteiger partial charge in [-0.25, -0.2) is 0 Å². The molecule has 1 atom stereocenters. The molecule has 0 heterocycles. The summed E-state index contributed by atoms with van der Waals surface area (Å²) in [5.41, 5.74) is 0. The summed E-state index contributed by atoms with van der Waals surface area (Å²) in [7, 11) is 0. The van der Waals surface area contributed by atoms with Gasteiger partial charge in [0.1, 0.15) is 6.29 Å². The molecular formula is C8H17NO2S. The Morgan fingerprint density at radius 2 is 2.00 bits per heavy atom. The Bertz CT molecular complexity index is 148. The summed E-state index contributed by atoms with van der Waals surface area (Å²) in [5.74, 6) is 0.0961. The second kappa shape index (κ2) is 7.16. The van der Waals surface area contributed by atoms with E-state index in [0.29, 0.717) is 6.42 Å². The zero-order valence-electron chi connectivity index (χ0n) is 7.76. The maximum absolute atomic E-state index is 10.8. The van der Waals surface area contributed by atoms with E-state index in [0.717, 1.165) is 6.29 Å². The van der Waals surface area contributed by atoms with Crippen molar-refractivity contribution >= 4 is 25.7 Å². The average molecular weight is 191 g/mol. The van der Waals surface area contributed by atoms with Crippen molar-refractivity contribution in [3.8, 4) is 0 Å². The van der Waals surface area contributed by atoms with Crippen molar-refractivity contribution in [3.05, 3.63) is 0 Å². The van der Waals surface area contributed by atoms with Crippen molar-refractivity contribution in [1.29, 1.82) is 0 Å². The Hall–Kier alpha value is -0.510. The van der Waals surface area contributed by atoms with Crippen LogP contribution < -0.4 is 5.32 Å². The molecule has 0 unspecified atom stereocenters. The first-order valence-electron chi connectivity index (χ1n) is 3.86. The molecule has 0 spiro atoms. The van der Waals surface area contributed by atoms with Crippen LogP contribution in [0.4, 0.5) is 0 Å². The third kappa shape index (κ3) is 5.18. The minimum absolute atomic E-state index is 0. The van der Waals surface area contributed by atoms with Crippen molar-refractivity contribution < 1.29 is 9.59 Å². The van der Waals surface area contributed by atoms with Crippen molar-refractivity contribution in [1.82, 2.24) is 5.32 Å². The molecule has 4 heteroatoms. The van der Waals surface area contributed by atoms with Gasteiger partial charge >= 0.3 is 0 Å². The number of aldehydes is 1. The van der Waals surface area contributed by atoms with Crippen LogP contribution in [0.1, 0.15) is 27.2 Å². The van der Waals surface area contributed by atoms with Crippen molar-refractivity contribution in [3.63, 3.8) is 0 Å². The Morgan fingerprint density at radius 3 is 2.25 bits per heavy atom. The molecule has 0 radical (unpaired) electrons. The van der Waals surface area contributed by atoms with Crippen LogP contribution in [0.5, 0.6) is 0 Å². The average Bonchev–Trinajstić information content (AvgIpc) is 1.99. The van der Waals surface area contributed by atoms with Gasteiger partial charge in [-0.15, -0.1) is 0 Å². The van der Waals surface area contributed by atoms with E-state index in [1.807, 2.05) is 13.8 Å². The first-order chi connectivity index (χ1) is 5.11. The highest BCUT2D eigenvalue weighted by Crippen LogP contribution is 1.98. The number of hydrogen-bond acceptors (Lipinski definition) is 2. The van der Waals surface area contributed by atoms with Crippen molar-refractivity contribution in [2.24, 2.45) is 5.92 Å². The molecule has 0 aliphatic heterocycles. The zero-order chi connectivity index (χ0) is 8.85. The summed E-state index contributed by atoms with van der Waals surface area (Å²) in [6.07, 6.45) is 1.20. The van der Waals surface area contributed by atoms with Gasteiger partial charge in [-0.1, -0.05) is 20.8 Å². The number of carbonyl (C=O) groups excluding carboxylic acids is 2. The maximum atomic E-state index is 10.8. The first kappa shape index (κ1) is 14.0. The molecule has 72 valence electrons. The summed E-state index contributed by atoms with van der Waals surface area (Å²) < 4.78 is 0. The van der Waals surface area contributed by atoms with E-state index in [1.165, 1.54) is 0 Å². The van der Waals surface area contributed by atoms with E-state index in [4.69, 9.17) is 0 Å².